The number of hydrogen-bond acceptors (Lipinski definition) is 4. The summed E-state index contributed by atoms with van der Waals surface area (Å²) in [5.74, 6) is 0.553. The highest BCUT2D eigenvalue weighted by molar-refractivity contribution is 6.12. The molecule has 0 radical (unpaired) electrons. The lowest BCUT2D eigenvalue weighted by atomic mass is 10.0. The number of amides is 1. The van der Waals surface area contributed by atoms with Crippen molar-refractivity contribution in [1.29, 1.82) is 0 Å². The molecular weight excluding hydrogens is 326 g/mol. The Morgan fingerprint density at radius 2 is 1.77 bits per heavy atom. The molecule has 3 aromatic rings. The summed E-state index contributed by atoms with van der Waals surface area (Å²) < 4.78 is 5.50. The van der Waals surface area contributed by atoms with Gasteiger partial charge in [0, 0.05) is 11.4 Å². The molecule has 0 bridgehead atoms. The number of fused-ring (bicyclic) bond motifs is 1. The van der Waals surface area contributed by atoms with Crippen LogP contribution in [0.2, 0.25) is 0 Å². The highest BCUT2D eigenvalue weighted by atomic mass is 16.5. The molecule has 1 aromatic heterocycles. The molecule has 2 heterocycles. The first-order valence-corrected chi connectivity index (χ1v) is 8.45. The number of pyridine rings is 1. The fourth-order valence-corrected chi connectivity index (χ4v) is 3.25. The molecule has 0 fully saturated rings. The first-order chi connectivity index (χ1) is 12.7. The summed E-state index contributed by atoms with van der Waals surface area (Å²) in [5.41, 5.74) is 3.81. The SMILES string of the molecule is COc1ccccc1N1C(=O)c2ccccc2N[C@@H]1c1cccc(C)n1. The van der Waals surface area contributed by atoms with Crippen LogP contribution < -0.4 is 15.0 Å². The van der Waals surface area contributed by atoms with Crippen molar-refractivity contribution >= 4 is 17.3 Å². The number of nitrogens with zero attached hydrogens (tertiary/aromatic N) is 2. The molecule has 1 aliphatic rings. The lowest BCUT2D eigenvalue weighted by molar-refractivity contribution is 0.0973. The Hall–Kier alpha value is -3.34. The maximum absolute atomic E-state index is 13.4. The van der Waals surface area contributed by atoms with Crippen molar-refractivity contribution < 1.29 is 9.53 Å². The summed E-state index contributed by atoms with van der Waals surface area (Å²) >= 11 is 0. The molecule has 130 valence electrons. The van der Waals surface area contributed by atoms with E-state index in [1.54, 1.807) is 12.0 Å². The van der Waals surface area contributed by atoms with Gasteiger partial charge in [-0.1, -0.05) is 30.3 Å². The zero-order chi connectivity index (χ0) is 18.1. The van der Waals surface area contributed by atoms with Gasteiger partial charge in [0.2, 0.25) is 0 Å². The van der Waals surface area contributed by atoms with E-state index < -0.39 is 6.17 Å². The zero-order valence-corrected chi connectivity index (χ0v) is 14.6. The van der Waals surface area contributed by atoms with Crippen LogP contribution in [-0.4, -0.2) is 18.0 Å². The maximum Gasteiger partial charge on any atom is 0.262 e. The van der Waals surface area contributed by atoms with Crippen LogP contribution in [0.1, 0.15) is 27.9 Å². The molecule has 1 amide bonds. The molecule has 0 spiro atoms. The van der Waals surface area contributed by atoms with Gasteiger partial charge in [-0.05, 0) is 43.3 Å². The van der Waals surface area contributed by atoms with Crippen LogP contribution >= 0.6 is 0 Å². The van der Waals surface area contributed by atoms with Crippen LogP contribution in [0.3, 0.4) is 0 Å². The van der Waals surface area contributed by atoms with E-state index in [0.29, 0.717) is 17.0 Å². The third kappa shape index (κ3) is 2.67. The first kappa shape index (κ1) is 16.1. The van der Waals surface area contributed by atoms with Crippen molar-refractivity contribution in [2.45, 2.75) is 13.1 Å². The van der Waals surface area contributed by atoms with E-state index >= 15 is 0 Å². The van der Waals surface area contributed by atoms with Gasteiger partial charge in [0.15, 0.2) is 6.17 Å². The van der Waals surface area contributed by atoms with Crippen molar-refractivity contribution in [1.82, 2.24) is 4.98 Å². The number of para-hydroxylation sites is 3. The van der Waals surface area contributed by atoms with Gasteiger partial charge in [-0.3, -0.25) is 14.7 Å². The van der Waals surface area contributed by atoms with E-state index in [-0.39, 0.29) is 5.91 Å². The molecule has 5 nitrogen and oxygen atoms in total. The molecule has 4 rings (SSSR count). The molecule has 0 saturated heterocycles. The largest absolute Gasteiger partial charge is 0.495 e. The Morgan fingerprint density at radius 3 is 2.58 bits per heavy atom. The lowest BCUT2D eigenvalue weighted by Gasteiger charge is -2.38. The molecule has 26 heavy (non-hydrogen) atoms. The highest BCUT2D eigenvalue weighted by Crippen LogP contribution is 2.39. The number of methoxy groups -OCH3 is 1. The predicted molar refractivity (Wildman–Crippen MR) is 102 cm³/mol. The van der Waals surface area contributed by atoms with Crippen LogP contribution in [0.25, 0.3) is 0 Å². The number of nitrogens with one attached hydrogen (secondary N) is 1. The zero-order valence-electron chi connectivity index (χ0n) is 14.6. The minimum atomic E-state index is -0.423. The van der Waals surface area contributed by atoms with Crippen LogP contribution in [-0.2, 0) is 0 Å². The molecule has 2 aromatic carbocycles. The van der Waals surface area contributed by atoms with Gasteiger partial charge in [0.1, 0.15) is 5.75 Å². The molecule has 1 N–H and O–H groups in total. The second-order valence-electron chi connectivity index (χ2n) is 6.14. The first-order valence-electron chi connectivity index (χ1n) is 8.45. The van der Waals surface area contributed by atoms with E-state index in [4.69, 9.17) is 4.74 Å². The standard InChI is InChI=1S/C21H19N3O2/c1-14-8-7-11-17(22-14)20-23-16-10-4-3-9-15(16)21(25)24(20)18-12-5-6-13-19(18)26-2/h3-13,20,23H,1-2H3/t20-/m0/s1. The molecule has 1 atom stereocenters. The van der Waals surface area contributed by atoms with Crippen LogP contribution in [0.5, 0.6) is 5.75 Å². The summed E-state index contributed by atoms with van der Waals surface area (Å²) in [6.45, 7) is 1.94. The van der Waals surface area contributed by atoms with Gasteiger partial charge < -0.3 is 10.1 Å². The van der Waals surface area contributed by atoms with Gasteiger partial charge in [0.25, 0.3) is 5.91 Å². The number of hydrogen-bond donors (Lipinski definition) is 1. The fourth-order valence-electron chi connectivity index (χ4n) is 3.25. The summed E-state index contributed by atoms with van der Waals surface area (Å²) in [4.78, 5) is 19.7. The Balaban J connectivity index is 1.91. The average Bonchev–Trinajstić information content (AvgIpc) is 2.68. The number of rotatable bonds is 3. The van der Waals surface area contributed by atoms with Gasteiger partial charge in [-0.15, -0.1) is 0 Å². The summed E-state index contributed by atoms with van der Waals surface area (Å²) in [5, 5.41) is 3.46. The number of carbonyl (C=O) groups excluding carboxylic acids is 1. The predicted octanol–water partition coefficient (Wildman–Crippen LogP) is 4.17. The second-order valence-corrected chi connectivity index (χ2v) is 6.14. The molecule has 0 saturated carbocycles. The van der Waals surface area contributed by atoms with Gasteiger partial charge in [-0.25, -0.2) is 0 Å². The summed E-state index contributed by atoms with van der Waals surface area (Å²) in [6.07, 6.45) is -0.423. The minimum absolute atomic E-state index is 0.0860. The molecular formula is C21H19N3O2. The fraction of sp³-hybridized carbons (Fsp3) is 0.143. The van der Waals surface area contributed by atoms with Gasteiger partial charge in [0.05, 0.1) is 24.1 Å². The Bertz CT molecular complexity index is 971. The maximum atomic E-state index is 13.4. The Labute approximate surface area is 152 Å². The molecule has 1 aliphatic heterocycles. The third-order valence-corrected chi connectivity index (χ3v) is 4.46. The minimum Gasteiger partial charge on any atom is -0.495 e. The Kier molecular flexibility index (Phi) is 4.05. The van der Waals surface area contributed by atoms with E-state index in [1.807, 2.05) is 73.7 Å². The van der Waals surface area contributed by atoms with E-state index in [1.165, 1.54) is 0 Å². The number of carbonyl (C=O) groups is 1. The molecule has 0 aliphatic carbocycles. The Morgan fingerprint density at radius 1 is 1.00 bits per heavy atom. The van der Waals surface area contributed by atoms with Crippen LogP contribution in [0, 0.1) is 6.92 Å². The highest BCUT2D eigenvalue weighted by Gasteiger charge is 2.36. The number of ether oxygens (including phenoxy) is 1. The normalized spacial score (nSPS) is 16.0. The molecule has 0 unspecified atom stereocenters. The number of aromatic nitrogens is 1. The van der Waals surface area contributed by atoms with Gasteiger partial charge in [-0.2, -0.15) is 0 Å². The molecule has 5 heteroatoms. The van der Waals surface area contributed by atoms with E-state index in [0.717, 1.165) is 17.1 Å². The third-order valence-electron chi connectivity index (χ3n) is 4.46. The van der Waals surface area contributed by atoms with Crippen molar-refractivity contribution in [2.24, 2.45) is 0 Å². The number of anilines is 2. The van der Waals surface area contributed by atoms with Crippen molar-refractivity contribution in [3.05, 3.63) is 83.7 Å². The monoisotopic (exact) mass is 345 g/mol. The smallest absolute Gasteiger partial charge is 0.262 e. The topological polar surface area (TPSA) is 54.5 Å². The quantitative estimate of drug-likeness (QED) is 0.774. The van der Waals surface area contributed by atoms with Crippen LogP contribution in [0.4, 0.5) is 11.4 Å². The number of benzene rings is 2. The summed E-state index contributed by atoms with van der Waals surface area (Å²) in [6, 6.07) is 20.9. The second kappa shape index (κ2) is 6.52. The van der Waals surface area contributed by atoms with E-state index in [9.17, 15) is 4.79 Å². The van der Waals surface area contributed by atoms with Crippen molar-refractivity contribution in [3.63, 3.8) is 0 Å². The van der Waals surface area contributed by atoms with E-state index in [2.05, 4.69) is 10.3 Å². The van der Waals surface area contributed by atoms with Crippen molar-refractivity contribution in [2.75, 3.05) is 17.3 Å². The number of aryl methyl sites for hydroxylation is 1. The van der Waals surface area contributed by atoms with Gasteiger partial charge >= 0.3 is 0 Å². The summed E-state index contributed by atoms with van der Waals surface area (Å²) in [7, 11) is 1.61. The van der Waals surface area contributed by atoms with Crippen molar-refractivity contribution in [3.8, 4) is 5.75 Å². The lowest BCUT2D eigenvalue weighted by Crippen LogP contribution is -2.43. The van der Waals surface area contributed by atoms with Crippen LogP contribution in [0.15, 0.2) is 66.7 Å². The average molecular weight is 345 g/mol.